The Morgan fingerprint density at radius 2 is 1.83 bits per heavy atom. The molecule has 0 radical (unpaired) electrons. The zero-order chi connectivity index (χ0) is 16.9. The molecule has 0 unspecified atom stereocenters. The number of allylic oxidation sites excluding steroid dienone is 1. The summed E-state index contributed by atoms with van der Waals surface area (Å²) in [7, 11) is -3.61. The molecule has 0 bridgehead atoms. The molecule has 1 aliphatic rings. The highest BCUT2D eigenvalue weighted by Crippen LogP contribution is 2.40. The zero-order valence-corrected chi connectivity index (χ0v) is 14.8. The highest BCUT2D eigenvalue weighted by Gasteiger charge is 2.40. The van der Waals surface area contributed by atoms with E-state index in [0.29, 0.717) is 0 Å². The van der Waals surface area contributed by atoms with Crippen molar-refractivity contribution in [1.82, 2.24) is 4.72 Å². The predicted octanol–water partition coefficient (Wildman–Crippen LogP) is 3.16. The van der Waals surface area contributed by atoms with Gasteiger partial charge in [0.05, 0.1) is 11.5 Å². The van der Waals surface area contributed by atoms with Gasteiger partial charge in [0.1, 0.15) is 0 Å². The second kappa shape index (κ2) is 7.60. The lowest BCUT2D eigenvalue weighted by Crippen LogP contribution is -2.49. The summed E-state index contributed by atoms with van der Waals surface area (Å²) in [4.78, 5) is 0.265. The zero-order valence-electron chi connectivity index (χ0n) is 14.0. The number of aliphatic hydroxyl groups excluding tert-OH is 1. The number of nitrogens with one attached hydrogen (secondary N) is 1. The topological polar surface area (TPSA) is 66.4 Å². The van der Waals surface area contributed by atoms with Gasteiger partial charge in [-0.3, -0.25) is 0 Å². The molecular weight excluding hydrogens is 310 g/mol. The van der Waals surface area contributed by atoms with E-state index in [1.54, 1.807) is 24.3 Å². The van der Waals surface area contributed by atoms with Crippen LogP contribution in [0.1, 0.15) is 44.6 Å². The van der Waals surface area contributed by atoms with Crippen molar-refractivity contribution in [3.8, 4) is 0 Å². The first-order chi connectivity index (χ1) is 10.9. The number of hydrogen-bond acceptors (Lipinski definition) is 3. The molecule has 1 aromatic carbocycles. The quantitative estimate of drug-likeness (QED) is 0.784. The molecule has 4 nitrogen and oxygen atoms in total. The van der Waals surface area contributed by atoms with E-state index in [-0.39, 0.29) is 17.5 Å². The SMILES string of the molecule is C/C=C/[C@H](NS(=O)(=O)c1ccc(C)cc1)C1(CO)CCCCC1. The Morgan fingerprint density at radius 1 is 1.22 bits per heavy atom. The van der Waals surface area contributed by atoms with Gasteiger partial charge in [0, 0.05) is 11.5 Å². The summed E-state index contributed by atoms with van der Waals surface area (Å²) in [6.07, 6.45) is 8.61. The third kappa shape index (κ3) is 4.22. The fourth-order valence-electron chi connectivity index (χ4n) is 3.34. The largest absolute Gasteiger partial charge is 0.396 e. The number of benzene rings is 1. The Morgan fingerprint density at radius 3 is 2.35 bits per heavy atom. The van der Waals surface area contributed by atoms with Crippen LogP contribution in [-0.2, 0) is 10.0 Å². The average molecular weight is 337 g/mol. The second-order valence-corrected chi connectivity index (χ2v) is 8.23. The molecule has 1 aliphatic carbocycles. The van der Waals surface area contributed by atoms with Crippen molar-refractivity contribution >= 4 is 10.0 Å². The monoisotopic (exact) mass is 337 g/mol. The van der Waals surface area contributed by atoms with Gasteiger partial charge in [-0.15, -0.1) is 0 Å². The van der Waals surface area contributed by atoms with E-state index >= 15 is 0 Å². The van der Waals surface area contributed by atoms with Crippen LogP contribution < -0.4 is 4.72 Å². The Hall–Kier alpha value is -1.17. The van der Waals surface area contributed by atoms with Crippen molar-refractivity contribution in [2.24, 2.45) is 5.41 Å². The van der Waals surface area contributed by atoms with Gasteiger partial charge >= 0.3 is 0 Å². The van der Waals surface area contributed by atoms with Crippen molar-refractivity contribution < 1.29 is 13.5 Å². The molecule has 0 aliphatic heterocycles. The highest BCUT2D eigenvalue weighted by molar-refractivity contribution is 7.89. The van der Waals surface area contributed by atoms with Crippen LogP contribution in [-0.4, -0.2) is 26.2 Å². The van der Waals surface area contributed by atoms with E-state index in [0.717, 1.165) is 37.7 Å². The molecule has 5 heteroatoms. The van der Waals surface area contributed by atoms with E-state index in [4.69, 9.17) is 0 Å². The summed E-state index contributed by atoms with van der Waals surface area (Å²) in [5.74, 6) is 0. The Labute approximate surface area is 139 Å². The molecule has 128 valence electrons. The Bertz CT molecular complexity index is 629. The van der Waals surface area contributed by atoms with Crippen molar-refractivity contribution in [3.63, 3.8) is 0 Å². The smallest absolute Gasteiger partial charge is 0.241 e. The van der Waals surface area contributed by atoms with Gasteiger partial charge in [0.2, 0.25) is 10.0 Å². The highest BCUT2D eigenvalue weighted by atomic mass is 32.2. The van der Waals surface area contributed by atoms with Crippen molar-refractivity contribution in [1.29, 1.82) is 0 Å². The van der Waals surface area contributed by atoms with Crippen LogP contribution in [0.5, 0.6) is 0 Å². The minimum absolute atomic E-state index is 0.00156. The average Bonchev–Trinajstić information content (AvgIpc) is 2.55. The molecule has 1 fully saturated rings. The number of rotatable bonds is 6. The van der Waals surface area contributed by atoms with Crippen LogP contribution in [0, 0.1) is 12.3 Å². The minimum atomic E-state index is -3.61. The van der Waals surface area contributed by atoms with Crippen LogP contribution in [0.2, 0.25) is 0 Å². The number of aliphatic hydroxyl groups is 1. The molecule has 1 atom stereocenters. The molecule has 0 spiro atoms. The first-order valence-electron chi connectivity index (χ1n) is 8.26. The maximum absolute atomic E-state index is 12.7. The molecule has 23 heavy (non-hydrogen) atoms. The molecule has 1 saturated carbocycles. The van der Waals surface area contributed by atoms with Gasteiger partial charge in [-0.1, -0.05) is 49.1 Å². The summed E-state index contributed by atoms with van der Waals surface area (Å²) < 4.78 is 28.2. The molecular formula is C18H27NO3S. The first kappa shape index (κ1) is 18.2. The second-order valence-electron chi connectivity index (χ2n) is 6.52. The van der Waals surface area contributed by atoms with Crippen LogP contribution in [0.3, 0.4) is 0 Å². The number of aryl methyl sites for hydroxylation is 1. The van der Waals surface area contributed by atoms with Crippen LogP contribution in [0.4, 0.5) is 0 Å². The third-order valence-electron chi connectivity index (χ3n) is 4.82. The summed E-state index contributed by atoms with van der Waals surface area (Å²) in [6.45, 7) is 3.80. The van der Waals surface area contributed by atoms with Gasteiger partial charge in [0.15, 0.2) is 0 Å². The number of sulfonamides is 1. The third-order valence-corrected chi connectivity index (χ3v) is 6.28. The lowest BCUT2D eigenvalue weighted by Gasteiger charge is -2.41. The Kier molecular flexibility index (Phi) is 6.00. The minimum Gasteiger partial charge on any atom is -0.396 e. The molecule has 1 aromatic rings. The number of hydrogen-bond donors (Lipinski definition) is 2. The first-order valence-corrected chi connectivity index (χ1v) is 9.74. The maximum atomic E-state index is 12.7. The lowest BCUT2D eigenvalue weighted by atomic mass is 9.70. The van der Waals surface area contributed by atoms with E-state index < -0.39 is 15.4 Å². The van der Waals surface area contributed by atoms with Gasteiger partial charge in [-0.2, -0.15) is 0 Å². The standard InChI is InChI=1S/C18H27NO3S/c1-3-7-17(18(14-20)12-5-4-6-13-18)19-23(21,22)16-10-8-15(2)9-11-16/h3,7-11,17,19-20H,4-6,12-14H2,1-2H3/b7-3+/t17-/m0/s1. The normalized spacial score (nSPS) is 19.8. The molecule has 0 heterocycles. The van der Waals surface area contributed by atoms with E-state index in [1.807, 2.05) is 26.0 Å². The summed E-state index contributed by atoms with van der Waals surface area (Å²) in [5.41, 5.74) is 0.621. The molecule has 0 saturated heterocycles. The van der Waals surface area contributed by atoms with Crippen molar-refractivity contribution in [3.05, 3.63) is 42.0 Å². The van der Waals surface area contributed by atoms with Crippen LogP contribution >= 0.6 is 0 Å². The van der Waals surface area contributed by atoms with Gasteiger partial charge in [-0.05, 0) is 38.8 Å². The molecule has 2 rings (SSSR count). The van der Waals surface area contributed by atoms with Crippen LogP contribution in [0.15, 0.2) is 41.3 Å². The van der Waals surface area contributed by atoms with E-state index in [9.17, 15) is 13.5 Å². The molecule has 0 aromatic heterocycles. The van der Waals surface area contributed by atoms with Gasteiger partial charge in [-0.25, -0.2) is 13.1 Å². The van der Waals surface area contributed by atoms with E-state index in [2.05, 4.69) is 4.72 Å². The van der Waals surface area contributed by atoms with Crippen LogP contribution in [0.25, 0.3) is 0 Å². The van der Waals surface area contributed by atoms with Gasteiger partial charge in [0.25, 0.3) is 0 Å². The van der Waals surface area contributed by atoms with Crippen molar-refractivity contribution in [2.75, 3.05) is 6.61 Å². The van der Waals surface area contributed by atoms with E-state index in [1.165, 1.54) is 0 Å². The summed E-state index contributed by atoms with van der Waals surface area (Å²) in [6, 6.07) is 6.45. The maximum Gasteiger partial charge on any atom is 0.241 e. The molecule has 0 amide bonds. The lowest BCUT2D eigenvalue weighted by molar-refractivity contribution is 0.0651. The fourth-order valence-corrected chi connectivity index (χ4v) is 4.63. The Balaban J connectivity index is 2.29. The van der Waals surface area contributed by atoms with Gasteiger partial charge < -0.3 is 5.11 Å². The fraction of sp³-hybridized carbons (Fsp3) is 0.556. The predicted molar refractivity (Wildman–Crippen MR) is 92.7 cm³/mol. The molecule has 2 N–H and O–H groups in total. The van der Waals surface area contributed by atoms with Crippen molar-refractivity contribution in [2.45, 2.75) is 56.9 Å². The summed E-state index contributed by atoms with van der Waals surface area (Å²) >= 11 is 0. The summed E-state index contributed by atoms with van der Waals surface area (Å²) in [5, 5.41) is 9.97.